The summed E-state index contributed by atoms with van der Waals surface area (Å²) < 4.78 is 76.9. The number of sulfonamides is 1. The average Bonchev–Trinajstić information content (AvgIpc) is 2.87. The van der Waals surface area contributed by atoms with E-state index in [0.717, 1.165) is 29.1 Å². The highest BCUT2D eigenvalue weighted by atomic mass is 32.2. The van der Waals surface area contributed by atoms with E-state index in [4.69, 9.17) is 0 Å². The fourth-order valence-electron chi connectivity index (χ4n) is 1.65. The lowest BCUT2D eigenvalue weighted by Gasteiger charge is -2.07. The molecule has 10 heteroatoms. The average molecular weight is 337 g/mol. The first-order chi connectivity index (χ1) is 10.2. The van der Waals surface area contributed by atoms with Crippen molar-refractivity contribution in [1.29, 1.82) is 0 Å². The predicted octanol–water partition coefficient (Wildman–Crippen LogP) is 2.02. The Hall–Kier alpha value is -1.94. The maximum absolute atomic E-state index is 13.0. The molecule has 120 valence electrons. The lowest BCUT2D eigenvalue weighted by molar-refractivity contribution is -0.141. The van der Waals surface area contributed by atoms with Gasteiger partial charge in [-0.15, -0.1) is 0 Å². The van der Waals surface area contributed by atoms with E-state index in [0.29, 0.717) is 0 Å². The fraction of sp³-hybridized carbons (Fsp3) is 0.250. The minimum absolute atomic E-state index is 0.0926. The molecule has 1 heterocycles. The Labute approximate surface area is 123 Å². The third-order valence-electron chi connectivity index (χ3n) is 2.67. The minimum atomic E-state index is -4.55. The van der Waals surface area contributed by atoms with Gasteiger partial charge in [0, 0.05) is 12.7 Å². The second kappa shape index (κ2) is 6.05. The van der Waals surface area contributed by atoms with Gasteiger partial charge in [-0.2, -0.15) is 18.3 Å². The summed E-state index contributed by atoms with van der Waals surface area (Å²) in [6.07, 6.45) is -3.45. The Morgan fingerprint density at radius 3 is 2.55 bits per heavy atom. The summed E-state index contributed by atoms with van der Waals surface area (Å²) in [5.41, 5.74) is -1.06. The lowest BCUT2D eigenvalue weighted by atomic mass is 10.4. The van der Waals surface area contributed by atoms with Crippen LogP contribution in [0.2, 0.25) is 0 Å². The quantitative estimate of drug-likeness (QED) is 0.849. The second-order valence-electron chi connectivity index (χ2n) is 4.32. The van der Waals surface area contributed by atoms with Gasteiger partial charge in [-0.25, -0.2) is 17.5 Å². The topological polar surface area (TPSA) is 64.0 Å². The number of rotatable bonds is 5. The number of hydrogen-bond donors (Lipinski definition) is 1. The summed E-state index contributed by atoms with van der Waals surface area (Å²) in [4.78, 5) is -0.260. The van der Waals surface area contributed by atoms with Crippen molar-refractivity contribution >= 4 is 10.0 Å². The van der Waals surface area contributed by atoms with Gasteiger partial charge in [0.1, 0.15) is 5.82 Å². The van der Waals surface area contributed by atoms with Gasteiger partial charge in [0.25, 0.3) is 0 Å². The highest BCUT2D eigenvalue weighted by molar-refractivity contribution is 7.89. The molecule has 0 spiro atoms. The maximum atomic E-state index is 13.0. The molecule has 2 aromatic rings. The molecule has 1 N–H and O–H groups in total. The maximum Gasteiger partial charge on any atom is 0.435 e. The van der Waals surface area contributed by atoms with Gasteiger partial charge in [-0.05, 0) is 24.3 Å². The van der Waals surface area contributed by atoms with E-state index in [9.17, 15) is 26.0 Å². The molecule has 0 aliphatic heterocycles. The van der Waals surface area contributed by atoms with Crippen LogP contribution in [0.1, 0.15) is 5.69 Å². The van der Waals surface area contributed by atoms with E-state index in [1.54, 1.807) is 0 Å². The molecule has 22 heavy (non-hydrogen) atoms. The number of nitrogens with one attached hydrogen (secondary N) is 1. The monoisotopic (exact) mass is 337 g/mol. The molecule has 0 saturated heterocycles. The van der Waals surface area contributed by atoms with E-state index in [2.05, 4.69) is 9.82 Å². The second-order valence-corrected chi connectivity index (χ2v) is 6.08. The van der Waals surface area contributed by atoms with E-state index in [1.807, 2.05) is 0 Å². The zero-order valence-corrected chi connectivity index (χ0v) is 11.8. The van der Waals surface area contributed by atoms with Crippen LogP contribution in [0.3, 0.4) is 0 Å². The van der Waals surface area contributed by atoms with Crippen LogP contribution in [0, 0.1) is 5.82 Å². The molecule has 0 fully saturated rings. The lowest BCUT2D eigenvalue weighted by Crippen LogP contribution is -2.27. The number of alkyl halides is 3. The van der Waals surface area contributed by atoms with E-state index in [-0.39, 0.29) is 18.0 Å². The Kier molecular flexibility index (Phi) is 4.52. The molecule has 0 unspecified atom stereocenters. The molecule has 0 aliphatic rings. The van der Waals surface area contributed by atoms with E-state index >= 15 is 0 Å². The number of aromatic nitrogens is 2. The smallest absolute Gasteiger partial charge is 0.271 e. The molecular weight excluding hydrogens is 326 g/mol. The Balaban J connectivity index is 1.97. The third kappa shape index (κ3) is 4.04. The van der Waals surface area contributed by atoms with Gasteiger partial charge in [0.2, 0.25) is 10.0 Å². The standard InChI is InChI=1S/C12H11F4N3O2S/c13-9-2-1-3-10(8-9)22(20,21)17-5-7-19-6-4-11(18-19)12(14,15)16/h1-4,6,8,17H,5,7H2. The van der Waals surface area contributed by atoms with Gasteiger partial charge in [0.15, 0.2) is 5.69 Å². The number of benzene rings is 1. The van der Waals surface area contributed by atoms with Crippen LogP contribution in [0.15, 0.2) is 41.4 Å². The molecule has 1 aromatic heterocycles. The number of halogens is 4. The van der Waals surface area contributed by atoms with Crippen molar-refractivity contribution in [3.05, 3.63) is 48.0 Å². The highest BCUT2D eigenvalue weighted by Crippen LogP contribution is 2.27. The molecular formula is C12H11F4N3O2S. The summed E-state index contributed by atoms with van der Waals surface area (Å²) in [5.74, 6) is -0.704. The van der Waals surface area contributed by atoms with Crippen LogP contribution in [-0.4, -0.2) is 24.7 Å². The molecule has 0 amide bonds. The van der Waals surface area contributed by atoms with Gasteiger partial charge >= 0.3 is 6.18 Å². The molecule has 2 rings (SSSR count). The molecule has 0 aliphatic carbocycles. The third-order valence-corrected chi connectivity index (χ3v) is 4.13. The van der Waals surface area contributed by atoms with Gasteiger partial charge in [-0.1, -0.05) is 6.07 Å². The molecule has 5 nitrogen and oxygen atoms in total. The largest absolute Gasteiger partial charge is 0.435 e. The van der Waals surface area contributed by atoms with Crippen LogP contribution in [0.25, 0.3) is 0 Å². The van der Waals surface area contributed by atoms with E-state index in [1.165, 1.54) is 12.1 Å². The SMILES string of the molecule is O=S(=O)(NCCn1ccc(C(F)(F)F)n1)c1cccc(F)c1. The summed E-state index contributed by atoms with van der Waals surface area (Å²) in [5, 5.41) is 3.28. The first kappa shape index (κ1) is 16.4. The van der Waals surface area contributed by atoms with Crippen LogP contribution in [0.5, 0.6) is 0 Å². The van der Waals surface area contributed by atoms with Crippen molar-refractivity contribution in [3.63, 3.8) is 0 Å². The first-order valence-electron chi connectivity index (χ1n) is 6.04. The zero-order valence-electron chi connectivity index (χ0n) is 11.0. The first-order valence-corrected chi connectivity index (χ1v) is 7.53. The van der Waals surface area contributed by atoms with Crippen LogP contribution in [0.4, 0.5) is 17.6 Å². The van der Waals surface area contributed by atoms with Crippen LogP contribution >= 0.6 is 0 Å². The summed E-state index contributed by atoms with van der Waals surface area (Å²) in [7, 11) is -3.93. The molecule has 0 bridgehead atoms. The van der Waals surface area contributed by atoms with Crippen LogP contribution < -0.4 is 4.72 Å². The van der Waals surface area contributed by atoms with Crippen molar-refractivity contribution in [1.82, 2.24) is 14.5 Å². The Morgan fingerprint density at radius 1 is 1.23 bits per heavy atom. The van der Waals surface area contributed by atoms with Crippen molar-refractivity contribution in [2.24, 2.45) is 0 Å². The Bertz CT molecular complexity index is 756. The molecule has 0 saturated carbocycles. The van der Waals surface area contributed by atoms with E-state index < -0.39 is 27.7 Å². The van der Waals surface area contributed by atoms with Crippen molar-refractivity contribution in [3.8, 4) is 0 Å². The van der Waals surface area contributed by atoms with Crippen LogP contribution in [-0.2, 0) is 22.7 Å². The van der Waals surface area contributed by atoms with Crippen molar-refractivity contribution in [2.45, 2.75) is 17.6 Å². The Morgan fingerprint density at radius 2 is 1.95 bits per heavy atom. The van der Waals surface area contributed by atoms with Crippen molar-refractivity contribution < 1.29 is 26.0 Å². The summed E-state index contributed by atoms with van der Waals surface area (Å²) in [6, 6.07) is 5.19. The van der Waals surface area contributed by atoms with Gasteiger partial charge < -0.3 is 0 Å². The highest BCUT2D eigenvalue weighted by Gasteiger charge is 2.33. The number of nitrogens with zero attached hydrogens (tertiary/aromatic N) is 2. The molecule has 1 aromatic carbocycles. The van der Waals surface area contributed by atoms with Crippen molar-refractivity contribution in [2.75, 3.05) is 6.54 Å². The summed E-state index contributed by atoms with van der Waals surface area (Å²) in [6.45, 7) is -0.275. The zero-order chi connectivity index (χ0) is 16.4. The number of hydrogen-bond acceptors (Lipinski definition) is 3. The summed E-state index contributed by atoms with van der Waals surface area (Å²) >= 11 is 0. The minimum Gasteiger partial charge on any atom is -0.271 e. The molecule has 0 radical (unpaired) electrons. The fourth-order valence-corrected chi connectivity index (χ4v) is 2.70. The van der Waals surface area contributed by atoms with Gasteiger partial charge in [-0.3, -0.25) is 4.68 Å². The molecule has 0 atom stereocenters. The van der Waals surface area contributed by atoms with Gasteiger partial charge in [0.05, 0.1) is 11.4 Å². The predicted molar refractivity (Wildman–Crippen MR) is 68.8 cm³/mol. The normalized spacial score (nSPS) is 12.5.